The van der Waals surface area contributed by atoms with Gasteiger partial charge in [-0.3, -0.25) is 4.79 Å². The standard InChI is InChI=1S/C13H10ClFOS/c1-8-2-3-10(15)6-9(8)7-12(16)13-11(14)4-5-17-13/h2-6H,7H2,1H3. The van der Waals surface area contributed by atoms with Crippen LogP contribution in [-0.4, -0.2) is 5.78 Å². The Hall–Kier alpha value is -1.19. The second kappa shape index (κ2) is 4.98. The number of hydrogen-bond donors (Lipinski definition) is 0. The van der Waals surface area contributed by atoms with Gasteiger partial charge >= 0.3 is 0 Å². The maximum absolute atomic E-state index is 13.1. The number of Topliss-reactive ketones (excluding diaryl/α,β-unsaturated/α-hetero) is 1. The van der Waals surface area contributed by atoms with E-state index in [1.165, 1.54) is 23.5 Å². The lowest BCUT2D eigenvalue weighted by Gasteiger charge is -2.04. The third-order valence-corrected chi connectivity index (χ3v) is 3.92. The van der Waals surface area contributed by atoms with Gasteiger partial charge in [0.15, 0.2) is 5.78 Å². The number of hydrogen-bond acceptors (Lipinski definition) is 2. The molecule has 0 amide bonds. The van der Waals surface area contributed by atoms with Gasteiger partial charge in [0.05, 0.1) is 9.90 Å². The zero-order valence-electron chi connectivity index (χ0n) is 9.17. The van der Waals surface area contributed by atoms with Crippen molar-refractivity contribution in [3.05, 3.63) is 56.5 Å². The van der Waals surface area contributed by atoms with Crippen molar-refractivity contribution in [3.8, 4) is 0 Å². The molecule has 0 aliphatic carbocycles. The summed E-state index contributed by atoms with van der Waals surface area (Å²) in [4.78, 5) is 12.5. The number of ketones is 1. The molecule has 0 spiro atoms. The second-order valence-electron chi connectivity index (χ2n) is 3.77. The van der Waals surface area contributed by atoms with Crippen LogP contribution >= 0.6 is 22.9 Å². The van der Waals surface area contributed by atoms with Crippen molar-refractivity contribution >= 4 is 28.7 Å². The third kappa shape index (κ3) is 2.73. The van der Waals surface area contributed by atoms with E-state index in [0.717, 1.165) is 5.56 Å². The van der Waals surface area contributed by atoms with Crippen molar-refractivity contribution < 1.29 is 9.18 Å². The Kier molecular flexibility index (Phi) is 3.60. The monoisotopic (exact) mass is 268 g/mol. The van der Waals surface area contributed by atoms with Gasteiger partial charge < -0.3 is 0 Å². The highest BCUT2D eigenvalue weighted by atomic mass is 35.5. The highest BCUT2D eigenvalue weighted by Crippen LogP contribution is 2.24. The van der Waals surface area contributed by atoms with Crippen LogP contribution in [-0.2, 0) is 6.42 Å². The minimum Gasteiger partial charge on any atom is -0.293 e. The van der Waals surface area contributed by atoms with E-state index >= 15 is 0 Å². The fourth-order valence-electron chi connectivity index (χ4n) is 1.58. The van der Waals surface area contributed by atoms with Crippen molar-refractivity contribution in [2.24, 2.45) is 0 Å². The molecule has 0 N–H and O–H groups in total. The van der Waals surface area contributed by atoms with Gasteiger partial charge in [0.2, 0.25) is 0 Å². The zero-order chi connectivity index (χ0) is 12.4. The molecule has 1 nitrogen and oxygen atoms in total. The third-order valence-electron chi connectivity index (χ3n) is 2.53. The summed E-state index contributed by atoms with van der Waals surface area (Å²) < 4.78 is 13.1. The van der Waals surface area contributed by atoms with E-state index in [1.54, 1.807) is 17.5 Å². The Morgan fingerprint density at radius 1 is 1.41 bits per heavy atom. The first kappa shape index (κ1) is 12.3. The average molecular weight is 269 g/mol. The summed E-state index contributed by atoms with van der Waals surface area (Å²) in [5, 5.41) is 2.24. The molecule has 2 aromatic rings. The van der Waals surface area contributed by atoms with E-state index in [4.69, 9.17) is 11.6 Å². The summed E-state index contributed by atoms with van der Waals surface area (Å²) in [5.74, 6) is -0.394. The molecule has 4 heteroatoms. The Bertz CT molecular complexity index is 562. The molecule has 0 atom stereocenters. The van der Waals surface area contributed by atoms with Crippen LogP contribution in [0.1, 0.15) is 20.8 Å². The zero-order valence-corrected chi connectivity index (χ0v) is 10.7. The lowest BCUT2D eigenvalue weighted by Crippen LogP contribution is -2.03. The quantitative estimate of drug-likeness (QED) is 0.760. The van der Waals surface area contributed by atoms with Crippen LogP contribution in [0.25, 0.3) is 0 Å². The molecule has 0 saturated heterocycles. The van der Waals surface area contributed by atoms with E-state index in [2.05, 4.69) is 0 Å². The Morgan fingerprint density at radius 2 is 2.18 bits per heavy atom. The maximum atomic E-state index is 13.1. The smallest absolute Gasteiger partial charge is 0.178 e. The van der Waals surface area contributed by atoms with Crippen LogP contribution in [0.3, 0.4) is 0 Å². The number of rotatable bonds is 3. The molecule has 88 valence electrons. The molecule has 2 rings (SSSR count). The summed E-state index contributed by atoms with van der Waals surface area (Å²) in [6.07, 6.45) is 0.184. The highest BCUT2D eigenvalue weighted by Gasteiger charge is 2.14. The maximum Gasteiger partial charge on any atom is 0.178 e. The predicted molar refractivity (Wildman–Crippen MR) is 68.5 cm³/mol. The minimum atomic E-state index is -0.323. The average Bonchev–Trinajstić information content (AvgIpc) is 2.70. The Labute approximate surface area is 108 Å². The van der Waals surface area contributed by atoms with Crippen LogP contribution in [0, 0.1) is 12.7 Å². The van der Waals surface area contributed by atoms with Gasteiger partial charge in [-0.05, 0) is 41.6 Å². The molecule has 1 aromatic carbocycles. The first-order valence-electron chi connectivity index (χ1n) is 5.09. The lowest BCUT2D eigenvalue weighted by molar-refractivity contribution is 0.0996. The molecule has 0 unspecified atom stereocenters. The molecule has 1 aromatic heterocycles. The largest absolute Gasteiger partial charge is 0.293 e. The SMILES string of the molecule is Cc1ccc(F)cc1CC(=O)c1sccc1Cl. The Balaban J connectivity index is 2.24. The van der Waals surface area contributed by atoms with Gasteiger partial charge in [-0.25, -0.2) is 4.39 Å². The number of carbonyl (C=O) groups excluding carboxylic acids is 1. The van der Waals surface area contributed by atoms with Crippen LogP contribution in [0.5, 0.6) is 0 Å². The van der Waals surface area contributed by atoms with Crippen LogP contribution in [0.15, 0.2) is 29.6 Å². The van der Waals surface area contributed by atoms with Crippen molar-refractivity contribution in [1.29, 1.82) is 0 Å². The molecular formula is C13H10ClFOS. The first-order chi connectivity index (χ1) is 8.08. The van der Waals surface area contributed by atoms with E-state index in [0.29, 0.717) is 15.5 Å². The number of benzene rings is 1. The van der Waals surface area contributed by atoms with Gasteiger partial charge in [-0.15, -0.1) is 11.3 Å². The van der Waals surface area contributed by atoms with Crippen LogP contribution in [0.4, 0.5) is 4.39 Å². The van der Waals surface area contributed by atoms with E-state index < -0.39 is 0 Å². The predicted octanol–water partition coefficient (Wildman–Crippen LogP) is 4.27. The molecular weight excluding hydrogens is 259 g/mol. The number of halogens is 2. The second-order valence-corrected chi connectivity index (χ2v) is 5.09. The van der Waals surface area contributed by atoms with Crippen LogP contribution < -0.4 is 0 Å². The molecule has 0 bridgehead atoms. The molecule has 0 aliphatic heterocycles. The fraction of sp³-hybridized carbons (Fsp3) is 0.154. The van der Waals surface area contributed by atoms with E-state index in [1.807, 2.05) is 6.92 Å². The topological polar surface area (TPSA) is 17.1 Å². The van der Waals surface area contributed by atoms with E-state index in [-0.39, 0.29) is 18.0 Å². The molecule has 0 aliphatic rings. The van der Waals surface area contributed by atoms with Gasteiger partial charge in [0.25, 0.3) is 0 Å². The van der Waals surface area contributed by atoms with Crippen molar-refractivity contribution in [3.63, 3.8) is 0 Å². The summed E-state index contributed by atoms with van der Waals surface area (Å²) in [5.41, 5.74) is 1.62. The molecule has 0 fully saturated rings. The summed E-state index contributed by atoms with van der Waals surface area (Å²) in [7, 11) is 0. The first-order valence-corrected chi connectivity index (χ1v) is 6.35. The van der Waals surface area contributed by atoms with Crippen molar-refractivity contribution in [2.75, 3.05) is 0 Å². The number of aryl methyl sites for hydroxylation is 1. The van der Waals surface area contributed by atoms with Gasteiger partial charge in [-0.2, -0.15) is 0 Å². The highest BCUT2D eigenvalue weighted by molar-refractivity contribution is 7.12. The molecule has 17 heavy (non-hydrogen) atoms. The Morgan fingerprint density at radius 3 is 2.82 bits per heavy atom. The summed E-state index contributed by atoms with van der Waals surface area (Å²) >= 11 is 7.20. The number of carbonyl (C=O) groups is 1. The number of thiophene rings is 1. The minimum absolute atomic E-state index is 0.0706. The van der Waals surface area contributed by atoms with Gasteiger partial charge in [0, 0.05) is 6.42 Å². The normalized spacial score (nSPS) is 10.5. The molecule has 1 heterocycles. The summed E-state index contributed by atoms with van der Waals surface area (Å²) in [6.45, 7) is 1.86. The van der Waals surface area contributed by atoms with Crippen LogP contribution in [0.2, 0.25) is 5.02 Å². The molecule has 0 radical (unpaired) electrons. The van der Waals surface area contributed by atoms with Gasteiger partial charge in [-0.1, -0.05) is 17.7 Å². The van der Waals surface area contributed by atoms with Crippen molar-refractivity contribution in [2.45, 2.75) is 13.3 Å². The van der Waals surface area contributed by atoms with Gasteiger partial charge in [0.1, 0.15) is 5.82 Å². The fourth-order valence-corrected chi connectivity index (χ4v) is 2.68. The van der Waals surface area contributed by atoms with Crippen molar-refractivity contribution in [1.82, 2.24) is 0 Å². The molecule has 0 saturated carbocycles. The lowest BCUT2D eigenvalue weighted by atomic mass is 10.0. The summed E-state index contributed by atoms with van der Waals surface area (Å²) in [6, 6.07) is 6.15. The van der Waals surface area contributed by atoms with E-state index in [9.17, 15) is 9.18 Å².